The van der Waals surface area contributed by atoms with Crippen LogP contribution in [-0.2, 0) is 4.74 Å². The van der Waals surface area contributed by atoms with Gasteiger partial charge in [-0.05, 0) is 44.8 Å². The Hall–Kier alpha value is -0.0300. The van der Waals surface area contributed by atoms with Crippen molar-refractivity contribution in [2.75, 3.05) is 32.5 Å². The Morgan fingerprint density at radius 2 is 1.70 bits per heavy atom. The maximum absolute atomic E-state index is 6.25. The van der Waals surface area contributed by atoms with E-state index in [1.54, 1.807) is 6.26 Å². The number of nitrogens with zero attached hydrogens (tertiary/aromatic N) is 1. The number of ether oxygens (including phenoxy) is 1. The number of hydrogen-bond acceptors (Lipinski definition) is 4. The molecule has 0 aromatic heterocycles. The van der Waals surface area contributed by atoms with Crippen molar-refractivity contribution in [1.29, 1.82) is 0 Å². The number of piperidine rings is 1. The van der Waals surface area contributed by atoms with Crippen LogP contribution in [0, 0.1) is 5.92 Å². The Bertz CT molecular complexity index is 279. The van der Waals surface area contributed by atoms with E-state index >= 15 is 0 Å². The topological polar surface area (TPSA) is 38.5 Å². The van der Waals surface area contributed by atoms with Crippen molar-refractivity contribution in [3.05, 3.63) is 12.2 Å². The maximum atomic E-state index is 6.25. The van der Waals surface area contributed by atoms with Crippen LogP contribution in [0.3, 0.4) is 0 Å². The van der Waals surface area contributed by atoms with Gasteiger partial charge in [0.1, 0.15) is 0 Å². The third-order valence-corrected chi connectivity index (χ3v) is 4.66. The van der Waals surface area contributed by atoms with Crippen molar-refractivity contribution in [3.63, 3.8) is 0 Å². The van der Waals surface area contributed by atoms with Gasteiger partial charge in [-0.15, -0.1) is 0 Å². The van der Waals surface area contributed by atoms with Gasteiger partial charge in [0.25, 0.3) is 0 Å². The first-order valence-corrected chi connectivity index (χ1v) is 10.3. The highest BCUT2D eigenvalue weighted by atomic mass is 32.1. The molecule has 0 radical (unpaired) electrons. The van der Waals surface area contributed by atoms with Crippen molar-refractivity contribution < 1.29 is 4.74 Å². The van der Waals surface area contributed by atoms with Crippen LogP contribution >= 0.6 is 12.6 Å². The van der Waals surface area contributed by atoms with Crippen LogP contribution in [0.2, 0.25) is 0 Å². The molecular formula is C19H40N2OS. The summed E-state index contributed by atoms with van der Waals surface area (Å²) in [6, 6.07) is 0.442. The van der Waals surface area contributed by atoms with Gasteiger partial charge < -0.3 is 15.4 Å². The Kier molecular flexibility index (Phi) is 15.5. The summed E-state index contributed by atoms with van der Waals surface area (Å²) in [5.41, 5.74) is 6.25. The number of thiol groups is 1. The van der Waals surface area contributed by atoms with Crippen LogP contribution in [0.5, 0.6) is 0 Å². The lowest BCUT2D eigenvalue weighted by molar-refractivity contribution is 0.0161. The van der Waals surface area contributed by atoms with E-state index in [0.717, 1.165) is 12.5 Å². The number of likely N-dealkylation sites (tertiary alicyclic amines) is 1. The van der Waals surface area contributed by atoms with E-state index in [1.165, 1.54) is 58.2 Å². The third kappa shape index (κ3) is 9.75. The van der Waals surface area contributed by atoms with Gasteiger partial charge in [0, 0.05) is 25.7 Å². The molecule has 2 N–H and O–H groups in total. The molecule has 0 aromatic rings. The van der Waals surface area contributed by atoms with Gasteiger partial charge in [0.2, 0.25) is 0 Å². The molecule has 0 amide bonds. The fourth-order valence-electron chi connectivity index (χ4n) is 3.34. The van der Waals surface area contributed by atoms with E-state index in [0.29, 0.717) is 12.1 Å². The normalized spacial score (nSPS) is 26.2. The molecular weight excluding hydrogens is 304 g/mol. The molecule has 1 saturated heterocycles. The molecule has 2 fully saturated rings. The molecule has 1 aliphatic carbocycles. The zero-order valence-corrected chi connectivity index (χ0v) is 16.7. The highest BCUT2D eigenvalue weighted by Crippen LogP contribution is 2.25. The minimum Gasteiger partial charge on any atom is -0.374 e. The fourth-order valence-corrected chi connectivity index (χ4v) is 3.34. The molecule has 1 saturated carbocycles. The summed E-state index contributed by atoms with van der Waals surface area (Å²) >= 11 is 3.53. The summed E-state index contributed by atoms with van der Waals surface area (Å²) in [6.07, 6.45) is 13.9. The molecule has 2 atom stereocenters. The van der Waals surface area contributed by atoms with Gasteiger partial charge in [0.05, 0.1) is 12.7 Å². The van der Waals surface area contributed by atoms with Crippen LogP contribution in [0.4, 0.5) is 0 Å². The monoisotopic (exact) mass is 344 g/mol. The van der Waals surface area contributed by atoms with Crippen LogP contribution in [0.25, 0.3) is 0 Å². The van der Waals surface area contributed by atoms with Crippen molar-refractivity contribution >= 4 is 12.6 Å². The van der Waals surface area contributed by atoms with Crippen molar-refractivity contribution in [2.24, 2.45) is 11.7 Å². The van der Waals surface area contributed by atoms with E-state index in [9.17, 15) is 0 Å². The number of rotatable bonds is 5. The average molecular weight is 345 g/mol. The molecule has 138 valence electrons. The van der Waals surface area contributed by atoms with E-state index in [1.807, 2.05) is 20.8 Å². The van der Waals surface area contributed by atoms with Crippen molar-refractivity contribution in [2.45, 2.75) is 71.4 Å². The number of hydrogen-bond donors (Lipinski definition) is 2. The van der Waals surface area contributed by atoms with Gasteiger partial charge in [-0.2, -0.15) is 12.6 Å². The molecule has 1 heterocycles. The Balaban J connectivity index is 0.00000112. The molecule has 2 aliphatic rings. The lowest BCUT2D eigenvalue weighted by Gasteiger charge is -2.37. The van der Waals surface area contributed by atoms with Gasteiger partial charge in [-0.25, -0.2) is 0 Å². The van der Waals surface area contributed by atoms with Crippen LogP contribution < -0.4 is 5.73 Å². The summed E-state index contributed by atoms with van der Waals surface area (Å²) in [4.78, 5) is 2.60. The summed E-state index contributed by atoms with van der Waals surface area (Å²) in [5.74, 6) is 0.731. The fraction of sp³-hybridized carbons (Fsp3) is 0.895. The Morgan fingerprint density at radius 1 is 1.09 bits per heavy atom. The molecule has 1 aliphatic heterocycles. The Morgan fingerprint density at radius 3 is 2.26 bits per heavy atom. The van der Waals surface area contributed by atoms with Crippen LogP contribution in [0.15, 0.2) is 12.2 Å². The summed E-state index contributed by atoms with van der Waals surface area (Å²) in [7, 11) is 0. The average Bonchev–Trinajstić information content (AvgIpc) is 2.62. The van der Waals surface area contributed by atoms with Gasteiger partial charge in [-0.1, -0.05) is 38.8 Å². The van der Waals surface area contributed by atoms with Gasteiger partial charge in [0.15, 0.2) is 0 Å². The summed E-state index contributed by atoms with van der Waals surface area (Å²) < 4.78 is 5.84. The summed E-state index contributed by atoms with van der Waals surface area (Å²) in [5, 5.41) is 0. The minimum atomic E-state index is 0.442. The number of nitrogens with two attached hydrogens (primary N) is 1. The minimum absolute atomic E-state index is 0.442. The first-order chi connectivity index (χ1) is 11.3. The van der Waals surface area contributed by atoms with E-state index < -0.39 is 0 Å². The molecule has 2 rings (SSSR count). The van der Waals surface area contributed by atoms with Crippen LogP contribution in [0.1, 0.15) is 59.3 Å². The van der Waals surface area contributed by atoms with Gasteiger partial charge >= 0.3 is 0 Å². The smallest absolute Gasteiger partial charge is 0.0651 e. The predicted octanol–water partition coefficient (Wildman–Crippen LogP) is 4.13. The van der Waals surface area contributed by atoms with E-state index in [2.05, 4.69) is 29.7 Å². The predicted molar refractivity (Wildman–Crippen MR) is 106 cm³/mol. The first kappa shape index (κ1) is 23.0. The second-order valence-electron chi connectivity index (χ2n) is 6.11. The molecule has 4 heteroatoms. The number of allylic oxidation sites excluding steroid dienone is 1. The quantitative estimate of drug-likeness (QED) is 0.582. The Labute approximate surface area is 150 Å². The SMILES string of the molecule is C/C=C/COC1CCN(C[C@@H]2CCCCC2N)CC1.CC.CS. The molecule has 23 heavy (non-hydrogen) atoms. The van der Waals surface area contributed by atoms with Crippen molar-refractivity contribution in [1.82, 2.24) is 4.90 Å². The second-order valence-corrected chi connectivity index (χ2v) is 6.11. The third-order valence-electron chi connectivity index (χ3n) is 4.66. The largest absolute Gasteiger partial charge is 0.374 e. The van der Waals surface area contributed by atoms with Crippen molar-refractivity contribution in [3.8, 4) is 0 Å². The molecule has 0 spiro atoms. The molecule has 0 aromatic carbocycles. The lowest BCUT2D eigenvalue weighted by Crippen LogP contribution is -2.45. The van der Waals surface area contributed by atoms with E-state index in [4.69, 9.17) is 10.5 Å². The lowest BCUT2D eigenvalue weighted by atomic mass is 9.84. The maximum Gasteiger partial charge on any atom is 0.0651 e. The summed E-state index contributed by atoms with van der Waals surface area (Å²) in [6.45, 7) is 10.4. The molecule has 0 bridgehead atoms. The standard InChI is InChI=1S/C16H30N2O.C2H6.CH4S/c1-2-3-12-19-15-8-10-18(11-9-15)13-14-6-4-5-7-16(14)17;2*1-2/h2-3,14-16H,4-13,17H2,1H3;1-2H3;2H,1H3/b3-2+;;/t14-,16?;;/m0../s1. The zero-order valence-electron chi connectivity index (χ0n) is 15.8. The second kappa shape index (κ2) is 15.5. The molecule has 3 nitrogen and oxygen atoms in total. The first-order valence-electron chi connectivity index (χ1n) is 9.45. The van der Waals surface area contributed by atoms with Crippen LogP contribution in [-0.4, -0.2) is 49.5 Å². The highest BCUT2D eigenvalue weighted by Gasteiger charge is 2.26. The van der Waals surface area contributed by atoms with Gasteiger partial charge in [-0.3, -0.25) is 0 Å². The van der Waals surface area contributed by atoms with E-state index in [-0.39, 0.29) is 0 Å². The highest BCUT2D eigenvalue weighted by molar-refractivity contribution is 7.79. The molecule has 1 unspecified atom stereocenters. The zero-order chi connectivity index (χ0) is 17.5.